The molecule has 1 amide bonds. The van der Waals surface area contributed by atoms with Crippen molar-refractivity contribution in [1.29, 1.82) is 0 Å². The number of rotatable bonds is 20. The van der Waals surface area contributed by atoms with E-state index in [2.05, 4.69) is 81.5 Å². The van der Waals surface area contributed by atoms with E-state index in [1.807, 2.05) is 26.0 Å². The second kappa shape index (κ2) is 18.4. The fourth-order valence-corrected chi connectivity index (χ4v) is 6.29. The fourth-order valence-electron chi connectivity index (χ4n) is 6.29. The highest BCUT2D eigenvalue weighted by Gasteiger charge is 2.31. The molecule has 260 valence electrons. The van der Waals surface area contributed by atoms with Gasteiger partial charge in [0.1, 0.15) is 0 Å². The van der Waals surface area contributed by atoms with Crippen LogP contribution in [-0.4, -0.2) is 57.1 Å². The van der Waals surface area contributed by atoms with Crippen molar-refractivity contribution in [2.24, 2.45) is 34.8 Å². The molecule has 3 rings (SSSR count). The Morgan fingerprint density at radius 3 is 2.23 bits per heavy atom. The van der Waals surface area contributed by atoms with Crippen molar-refractivity contribution >= 4 is 16.7 Å². The first-order chi connectivity index (χ1) is 22.3. The molecule has 4 atom stereocenters. The van der Waals surface area contributed by atoms with Crippen LogP contribution >= 0.6 is 0 Å². The molecular formula is C40H60N2O5. The molecule has 0 aromatic heterocycles. The second-order valence-corrected chi connectivity index (χ2v) is 14.7. The van der Waals surface area contributed by atoms with Crippen LogP contribution in [0.2, 0.25) is 0 Å². The molecular weight excluding hydrogens is 588 g/mol. The van der Waals surface area contributed by atoms with E-state index < -0.39 is 12.1 Å². The smallest absolute Gasteiger partial charge is 0.223 e. The van der Waals surface area contributed by atoms with Gasteiger partial charge in [-0.05, 0) is 82.9 Å². The minimum atomic E-state index is -0.782. The number of benzene rings is 3. The Bertz CT molecular complexity index is 1390. The third-order valence-electron chi connectivity index (χ3n) is 9.36. The van der Waals surface area contributed by atoms with E-state index in [0.29, 0.717) is 44.3 Å². The quantitative estimate of drug-likeness (QED) is 0.112. The average molecular weight is 649 g/mol. The molecule has 7 nitrogen and oxygen atoms in total. The van der Waals surface area contributed by atoms with Gasteiger partial charge in [-0.2, -0.15) is 0 Å². The number of amides is 1. The van der Waals surface area contributed by atoms with Gasteiger partial charge in [-0.3, -0.25) is 4.79 Å². The van der Waals surface area contributed by atoms with Gasteiger partial charge in [-0.15, -0.1) is 0 Å². The molecule has 0 aliphatic heterocycles. The third-order valence-corrected chi connectivity index (χ3v) is 9.36. The molecule has 4 N–H and O–H groups in total. The minimum Gasteiger partial charge on any atom is -0.493 e. The van der Waals surface area contributed by atoms with E-state index in [-0.39, 0.29) is 29.1 Å². The number of hydrogen-bond donors (Lipinski definition) is 3. The Morgan fingerprint density at radius 2 is 1.57 bits per heavy atom. The number of carbonyl (C=O) groups is 1. The van der Waals surface area contributed by atoms with Crippen LogP contribution in [0, 0.1) is 29.1 Å². The second-order valence-electron chi connectivity index (χ2n) is 14.7. The number of carbonyl (C=O) groups excluding carboxylic acids is 1. The average Bonchev–Trinajstić information content (AvgIpc) is 3.03. The molecule has 0 bridgehead atoms. The predicted molar refractivity (Wildman–Crippen MR) is 193 cm³/mol. The first-order valence-electron chi connectivity index (χ1n) is 17.3. The molecule has 0 aliphatic rings. The van der Waals surface area contributed by atoms with Crippen LogP contribution in [0.4, 0.5) is 0 Å². The maximum Gasteiger partial charge on any atom is 0.223 e. The van der Waals surface area contributed by atoms with Gasteiger partial charge in [0.25, 0.3) is 0 Å². The summed E-state index contributed by atoms with van der Waals surface area (Å²) in [6.45, 7) is 14.6. The molecule has 0 aliphatic carbocycles. The summed E-state index contributed by atoms with van der Waals surface area (Å²) in [5.41, 5.74) is 8.92. The summed E-state index contributed by atoms with van der Waals surface area (Å²) in [6.07, 6.45) is 2.66. The van der Waals surface area contributed by atoms with Crippen LogP contribution in [0.3, 0.4) is 0 Å². The molecule has 0 radical (unpaired) electrons. The van der Waals surface area contributed by atoms with E-state index in [9.17, 15) is 9.90 Å². The number of ether oxygens (including phenoxy) is 3. The summed E-state index contributed by atoms with van der Waals surface area (Å²) < 4.78 is 16.7. The Morgan fingerprint density at radius 1 is 0.872 bits per heavy atom. The fraction of sp³-hybridized carbons (Fsp3) is 0.575. The number of nitrogens with two attached hydrogens (primary N) is 1. The number of fused-ring (bicyclic) bond motifs is 1. The van der Waals surface area contributed by atoms with E-state index in [4.69, 9.17) is 19.9 Å². The predicted octanol–water partition coefficient (Wildman–Crippen LogP) is 7.20. The standard InChI is InChI=1S/C40H60N2O5/c1-27(2)33(20-29-15-17-37(46-8)38(22-29)47-19-11-18-45-7)23-35(41)36(43)24-34(28(3)4)39(44)42-26-40(5,6)25-30-14-16-31-12-9-10-13-32(31)21-30/h9-10,12-17,21-22,27-28,33-36,43H,11,18-20,23-26,41H2,1-8H3,(H,42,44)/t33-,34-,35-,36-/m0/s1. The van der Waals surface area contributed by atoms with E-state index in [0.717, 1.165) is 30.6 Å². The summed E-state index contributed by atoms with van der Waals surface area (Å²) in [7, 11) is 3.33. The van der Waals surface area contributed by atoms with Crippen LogP contribution in [-0.2, 0) is 22.4 Å². The van der Waals surface area contributed by atoms with Crippen LogP contribution < -0.4 is 20.5 Å². The van der Waals surface area contributed by atoms with E-state index in [1.54, 1.807) is 14.2 Å². The van der Waals surface area contributed by atoms with Crippen LogP contribution in [0.25, 0.3) is 10.8 Å². The lowest BCUT2D eigenvalue weighted by atomic mass is 9.80. The first kappa shape index (κ1) is 38.3. The first-order valence-corrected chi connectivity index (χ1v) is 17.3. The van der Waals surface area contributed by atoms with Crippen molar-refractivity contribution < 1.29 is 24.1 Å². The van der Waals surface area contributed by atoms with Crippen molar-refractivity contribution in [2.75, 3.05) is 34.0 Å². The zero-order valence-corrected chi connectivity index (χ0v) is 30.1. The van der Waals surface area contributed by atoms with Crippen LogP contribution in [0.5, 0.6) is 11.5 Å². The van der Waals surface area contributed by atoms with Crippen molar-refractivity contribution in [3.63, 3.8) is 0 Å². The number of methoxy groups -OCH3 is 2. The lowest BCUT2D eigenvalue weighted by Gasteiger charge is -2.31. The summed E-state index contributed by atoms with van der Waals surface area (Å²) >= 11 is 0. The molecule has 0 spiro atoms. The van der Waals surface area contributed by atoms with E-state index >= 15 is 0 Å². The summed E-state index contributed by atoms with van der Waals surface area (Å²) in [5, 5.41) is 17.0. The molecule has 3 aromatic carbocycles. The van der Waals surface area contributed by atoms with Gasteiger partial charge in [0, 0.05) is 38.6 Å². The van der Waals surface area contributed by atoms with Crippen molar-refractivity contribution in [2.45, 2.75) is 85.8 Å². The highest BCUT2D eigenvalue weighted by molar-refractivity contribution is 5.83. The topological polar surface area (TPSA) is 103 Å². The SMILES string of the molecule is COCCCOc1cc(C[C@@H](C[C@H](N)[C@@H](O)C[C@H](C(=O)NCC(C)(C)Cc2ccc3ccccc3c2)C(C)C)C(C)C)ccc1OC. The molecule has 47 heavy (non-hydrogen) atoms. The zero-order valence-electron chi connectivity index (χ0n) is 30.1. The normalized spacial score (nSPS) is 14.6. The largest absolute Gasteiger partial charge is 0.493 e. The Hall–Kier alpha value is -3.13. The Kier molecular flexibility index (Phi) is 15.0. The Labute approximate surface area is 283 Å². The van der Waals surface area contributed by atoms with Crippen molar-refractivity contribution in [1.82, 2.24) is 5.32 Å². The summed E-state index contributed by atoms with van der Waals surface area (Å²) in [4.78, 5) is 13.5. The number of nitrogens with one attached hydrogen (secondary N) is 1. The molecule has 3 aromatic rings. The van der Waals surface area contributed by atoms with Crippen molar-refractivity contribution in [3.8, 4) is 11.5 Å². The van der Waals surface area contributed by atoms with Gasteiger partial charge in [0.2, 0.25) is 5.91 Å². The van der Waals surface area contributed by atoms with Crippen molar-refractivity contribution in [3.05, 3.63) is 71.8 Å². The van der Waals surface area contributed by atoms with Crippen LogP contribution in [0.1, 0.15) is 71.9 Å². The lowest BCUT2D eigenvalue weighted by Crippen LogP contribution is -2.44. The lowest BCUT2D eigenvalue weighted by molar-refractivity contribution is -0.128. The molecule has 0 fully saturated rings. The maximum atomic E-state index is 13.5. The number of hydrogen-bond acceptors (Lipinski definition) is 6. The number of aliphatic hydroxyl groups is 1. The monoisotopic (exact) mass is 648 g/mol. The molecule has 7 heteroatoms. The maximum absolute atomic E-state index is 13.5. The van der Waals surface area contributed by atoms with Gasteiger partial charge >= 0.3 is 0 Å². The van der Waals surface area contributed by atoms with Gasteiger partial charge < -0.3 is 30.4 Å². The zero-order chi connectivity index (χ0) is 34.6. The molecule has 0 unspecified atom stereocenters. The van der Waals surface area contributed by atoms with Gasteiger partial charge in [-0.25, -0.2) is 0 Å². The Balaban J connectivity index is 1.58. The molecule has 0 heterocycles. The molecule has 0 saturated heterocycles. The highest BCUT2D eigenvalue weighted by Crippen LogP contribution is 2.32. The van der Waals surface area contributed by atoms with Crippen LogP contribution in [0.15, 0.2) is 60.7 Å². The number of aliphatic hydroxyl groups excluding tert-OH is 1. The van der Waals surface area contributed by atoms with E-state index in [1.165, 1.54) is 16.3 Å². The van der Waals surface area contributed by atoms with Gasteiger partial charge in [0.05, 0.1) is 19.8 Å². The minimum absolute atomic E-state index is 0.0190. The summed E-state index contributed by atoms with van der Waals surface area (Å²) in [5.74, 6) is 1.75. The summed E-state index contributed by atoms with van der Waals surface area (Å²) in [6, 6.07) is 20.6. The van der Waals surface area contributed by atoms with Gasteiger partial charge in [-0.1, -0.05) is 90.1 Å². The third kappa shape index (κ3) is 12.1. The highest BCUT2D eigenvalue weighted by atomic mass is 16.5. The molecule has 0 saturated carbocycles. The van der Waals surface area contributed by atoms with Gasteiger partial charge in [0.15, 0.2) is 11.5 Å².